The van der Waals surface area contributed by atoms with Crippen molar-refractivity contribution < 1.29 is 13.2 Å². The van der Waals surface area contributed by atoms with Crippen molar-refractivity contribution in [3.63, 3.8) is 0 Å². The lowest BCUT2D eigenvalue weighted by Gasteiger charge is -2.25. The minimum atomic E-state index is -3.63. The molecule has 0 aliphatic carbocycles. The monoisotopic (exact) mass is 461 g/mol. The summed E-state index contributed by atoms with van der Waals surface area (Å²) in [6, 6.07) is 9.14. The molecule has 0 spiro atoms. The van der Waals surface area contributed by atoms with Crippen LogP contribution < -0.4 is 10.2 Å². The first kappa shape index (κ1) is 22.3. The average Bonchev–Trinajstić information content (AvgIpc) is 3.56. The van der Waals surface area contributed by atoms with E-state index in [2.05, 4.69) is 17.1 Å². The van der Waals surface area contributed by atoms with Crippen LogP contribution in [0.3, 0.4) is 0 Å². The number of rotatable bonds is 8. The Morgan fingerprint density at radius 2 is 1.81 bits per heavy atom. The number of nitrogens with zero attached hydrogens (tertiary/aromatic N) is 2. The molecule has 4 rings (SSSR count). The molecule has 168 valence electrons. The minimum absolute atomic E-state index is 0.0607. The lowest BCUT2D eigenvalue weighted by molar-refractivity contribution is 0.0935. The van der Waals surface area contributed by atoms with Crippen LogP contribution >= 0.6 is 11.3 Å². The van der Waals surface area contributed by atoms with Crippen molar-refractivity contribution in [2.24, 2.45) is 0 Å². The van der Waals surface area contributed by atoms with E-state index in [9.17, 15) is 13.2 Å². The number of carbonyl (C=O) groups excluding carboxylic acids is 1. The van der Waals surface area contributed by atoms with E-state index < -0.39 is 10.0 Å². The van der Waals surface area contributed by atoms with E-state index in [4.69, 9.17) is 0 Å². The Kier molecular flexibility index (Phi) is 6.99. The summed E-state index contributed by atoms with van der Waals surface area (Å²) in [5, 5.41) is 5.13. The molecule has 1 amide bonds. The molecule has 1 unspecified atom stereocenters. The summed E-state index contributed by atoms with van der Waals surface area (Å²) in [4.78, 5) is 16.7. The fourth-order valence-electron chi connectivity index (χ4n) is 4.45. The lowest BCUT2D eigenvalue weighted by atomic mass is 10.1. The molecule has 2 saturated heterocycles. The first-order valence-corrected chi connectivity index (χ1v) is 13.6. The quantitative estimate of drug-likeness (QED) is 0.632. The van der Waals surface area contributed by atoms with Gasteiger partial charge >= 0.3 is 0 Å². The molecule has 1 atom stereocenters. The van der Waals surface area contributed by atoms with Crippen molar-refractivity contribution in [2.75, 3.05) is 31.1 Å². The Balaban J connectivity index is 1.66. The first-order chi connectivity index (χ1) is 15.0. The molecule has 0 radical (unpaired) electrons. The highest BCUT2D eigenvalue weighted by Crippen LogP contribution is 2.33. The summed E-state index contributed by atoms with van der Waals surface area (Å²) in [6.45, 7) is 4.90. The second-order valence-corrected chi connectivity index (χ2v) is 11.2. The fourth-order valence-corrected chi connectivity index (χ4v) is 7.02. The zero-order valence-corrected chi connectivity index (χ0v) is 19.7. The van der Waals surface area contributed by atoms with Crippen LogP contribution in [-0.2, 0) is 10.0 Å². The van der Waals surface area contributed by atoms with Gasteiger partial charge in [-0.3, -0.25) is 4.79 Å². The van der Waals surface area contributed by atoms with Gasteiger partial charge in [0.2, 0.25) is 10.0 Å². The molecule has 2 aliphatic heterocycles. The van der Waals surface area contributed by atoms with E-state index in [0.717, 1.165) is 62.2 Å². The Labute approximate surface area is 189 Å². The molecule has 1 N–H and O–H groups in total. The summed E-state index contributed by atoms with van der Waals surface area (Å²) >= 11 is 1.63. The summed E-state index contributed by atoms with van der Waals surface area (Å²) < 4.78 is 28.5. The standard InChI is InChI=1S/C23H31N3O3S2/c1-2-8-19(21-9-7-16-30-21)24-23(27)18-10-11-20(25-12-3-4-13-25)22(17-18)31(28,29)26-14-5-6-15-26/h7,9-11,16-17,19H,2-6,8,12-15H2,1H3,(H,24,27). The largest absolute Gasteiger partial charge is 0.370 e. The molecule has 0 saturated carbocycles. The average molecular weight is 462 g/mol. The molecule has 2 aliphatic rings. The van der Waals surface area contributed by atoms with Crippen molar-refractivity contribution in [2.45, 2.75) is 56.4 Å². The molecule has 1 aromatic heterocycles. The second-order valence-electron chi connectivity index (χ2n) is 8.32. The second kappa shape index (κ2) is 9.71. The Morgan fingerprint density at radius 1 is 1.10 bits per heavy atom. The smallest absolute Gasteiger partial charge is 0.251 e. The zero-order chi connectivity index (χ0) is 21.8. The highest BCUT2D eigenvalue weighted by molar-refractivity contribution is 7.89. The van der Waals surface area contributed by atoms with E-state index in [1.807, 2.05) is 23.6 Å². The fraction of sp³-hybridized carbons (Fsp3) is 0.522. The number of nitrogens with one attached hydrogen (secondary N) is 1. The van der Waals surface area contributed by atoms with Crippen LogP contribution in [-0.4, -0.2) is 44.8 Å². The summed E-state index contributed by atoms with van der Waals surface area (Å²) in [5.74, 6) is -0.224. The van der Waals surface area contributed by atoms with Crippen molar-refractivity contribution in [3.8, 4) is 0 Å². The number of hydrogen-bond acceptors (Lipinski definition) is 5. The van der Waals surface area contributed by atoms with Gasteiger partial charge < -0.3 is 10.2 Å². The number of anilines is 1. The number of hydrogen-bond donors (Lipinski definition) is 1. The predicted molar refractivity (Wildman–Crippen MR) is 125 cm³/mol. The number of sulfonamides is 1. The van der Waals surface area contributed by atoms with Crippen LogP contribution in [0, 0.1) is 0 Å². The number of benzene rings is 1. The van der Waals surface area contributed by atoms with Crippen LogP contribution in [0.4, 0.5) is 5.69 Å². The van der Waals surface area contributed by atoms with Gasteiger partial charge in [-0.1, -0.05) is 19.4 Å². The maximum Gasteiger partial charge on any atom is 0.251 e. The van der Waals surface area contributed by atoms with Gasteiger partial charge in [0.1, 0.15) is 4.90 Å². The Bertz CT molecular complexity index is 993. The molecule has 2 fully saturated rings. The van der Waals surface area contributed by atoms with Gasteiger partial charge in [-0.2, -0.15) is 4.31 Å². The van der Waals surface area contributed by atoms with E-state index in [1.54, 1.807) is 27.8 Å². The molecule has 1 aromatic carbocycles. The lowest BCUT2D eigenvalue weighted by Crippen LogP contribution is -2.31. The number of thiophene rings is 1. The molecular weight excluding hydrogens is 430 g/mol. The third-order valence-electron chi connectivity index (χ3n) is 6.12. The molecule has 0 bridgehead atoms. The van der Waals surface area contributed by atoms with Gasteiger partial charge in [0.15, 0.2) is 0 Å². The van der Waals surface area contributed by atoms with Crippen molar-refractivity contribution in [1.82, 2.24) is 9.62 Å². The molecule has 6 nitrogen and oxygen atoms in total. The predicted octanol–water partition coefficient (Wildman–Crippen LogP) is 4.40. The maximum absolute atomic E-state index is 13.5. The zero-order valence-electron chi connectivity index (χ0n) is 18.0. The Hall–Kier alpha value is -1.90. The summed E-state index contributed by atoms with van der Waals surface area (Å²) in [5.41, 5.74) is 1.13. The third kappa shape index (κ3) is 4.81. The Morgan fingerprint density at radius 3 is 2.45 bits per heavy atom. The van der Waals surface area contributed by atoms with E-state index >= 15 is 0 Å². The first-order valence-electron chi connectivity index (χ1n) is 11.2. The molecule has 2 aromatic rings. The highest BCUT2D eigenvalue weighted by Gasteiger charge is 2.32. The molecule has 8 heteroatoms. The van der Waals surface area contributed by atoms with Gasteiger partial charge in [-0.25, -0.2) is 8.42 Å². The highest BCUT2D eigenvalue weighted by atomic mass is 32.2. The van der Waals surface area contributed by atoms with E-state index in [-0.39, 0.29) is 16.8 Å². The number of amides is 1. The maximum atomic E-state index is 13.5. The molecule has 31 heavy (non-hydrogen) atoms. The molecule has 3 heterocycles. The normalized spacial score (nSPS) is 18.4. The van der Waals surface area contributed by atoms with Gasteiger partial charge in [-0.15, -0.1) is 11.3 Å². The van der Waals surface area contributed by atoms with Crippen LogP contribution in [0.2, 0.25) is 0 Å². The van der Waals surface area contributed by atoms with E-state index in [0.29, 0.717) is 18.7 Å². The summed E-state index contributed by atoms with van der Waals surface area (Å²) in [6.07, 6.45) is 5.69. The van der Waals surface area contributed by atoms with Gasteiger partial charge in [0, 0.05) is 36.6 Å². The van der Waals surface area contributed by atoms with Gasteiger partial charge in [0.25, 0.3) is 5.91 Å². The van der Waals surface area contributed by atoms with Crippen LogP contribution in [0.15, 0.2) is 40.6 Å². The van der Waals surface area contributed by atoms with Crippen LogP contribution in [0.1, 0.15) is 66.7 Å². The van der Waals surface area contributed by atoms with E-state index in [1.165, 1.54) is 0 Å². The van der Waals surface area contributed by atoms with Gasteiger partial charge in [-0.05, 0) is 61.7 Å². The third-order valence-corrected chi connectivity index (χ3v) is 9.03. The van der Waals surface area contributed by atoms with Crippen molar-refractivity contribution >= 4 is 33.0 Å². The van der Waals surface area contributed by atoms with Crippen LogP contribution in [0.5, 0.6) is 0 Å². The van der Waals surface area contributed by atoms with Crippen molar-refractivity contribution in [1.29, 1.82) is 0 Å². The summed E-state index contributed by atoms with van der Waals surface area (Å²) in [7, 11) is -3.63. The van der Waals surface area contributed by atoms with Crippen LogP contribution in [0.25, 0.3) is 0 Å². The SMILES string of the molecule is CCCC(NC(=O)c1ccc(N2CCCC2)c(S(=O)(=O)N2CCCC2)c1)c1cccs1. The number of carbonyl (C=O) groups is 1. The topological polar surface area (TPSA) is 69.7 Å². The van der Waals surface area contributed by atoms with Gasteiger partial charge in [0.05, 0.1) is 11.7 Å². The minimum Gasteiger partial charge on any atom is -0.370 e. The van der Waals surface area contributed by atoms with Crippen molar-refractivity contribution in [3.05, 3.63) is 46.2 Å². The molecular formula is C23H31N3O3S2.